The third kappa shape index (κ3) is 2.54. The number of methoxy groups -OCH3 is 1. The van der Waals surface area contributed by atoms with Crippen molar-refractivity contribution in [3.63, 3.8) is 0 Å². The van der Waals surface area contributed by atoms with Gasteiger partial charge < -0.3 is 15.0 Å². The van der Waals surface area contributed by atoms with Crippen molar-refractivity contribution in [2.75, 3.05) is 32.6 Å². The number of benzene rings is 1. The van der Waals surface area contributed by atoms with Crippen LogP contribution in [0.2, 0.25) is 0 Å². The van der Waals surface area contributed by atoms with Crippen molar-refractivity contribution in [1.82, 2.24) is 5.32 Å². The van der Waals surface area contributed by atoms with E-state index in [9.17, 15) is 9.59 Å². The first-order valence-corrected chi connectivity index (χ1v) is 6.17. The fourth-order valence-electron chi connectivity index (χ4n) is 2.35. The van der Waals surface area contributed by atoms with Crippen molar-refractivity contribution in [2.24, 2.45) is 5.92 Å². The minimum atomic E-state index is -0.741. The normalized spacial score (nSPS) is 21.9. The summed E-state index contributed by atoms with van der Waals surface area (Å²) < 4.78 is 4.71. The second kappa shape index (κ2) is 5.30. The van der Waals surface area contributed by atoms with Crippen LogP contribution in [0, 0.1) is 5.92 Å². The molecule has 1 fully saturated rings. The summed E-state index contributed by atoms with van der Waals surface area (Å²) in [5.41, 5.74) is 2.05. The van der Waals surface area contributed by atoms with Crippen LogP contribution < -0.4 is 10.2 Å². The van der Waals surface area contributed by atoms with Gasteiger partial charge in [0.05, 0.1) is 7.11 Å². The van der Waals surface area contributed by atoms with E-state index in [1.54, 1.807) is 0 Å². The van der Waals surface area contributed by atoms with Gasteiger partial charge in [-0.1, -0.05) is 12.1 Å². The molecule has 2 unspecified atom stereocenters. The Bertz CT molecular complexity index is 482. The topological polar surface area (TPSA) is 58.6 Å². The van der Waals surface area contributed by atoms with E-state index in [-0.39, 0.29) is 11.8 Å². The molecule has 1 heterocycles. The van der Waals surface area contributed by atoms with E-state index < -0.39 is 11.9 Å². The molecular weight excluding hydrogens is 244 g/mol. The van der Waals surface area contributed by atoms with Crippen LogP contribution in [0.15, 0.2) is 24.3 Å². The molecule has 0 spiro atoms. The molecule has 1 saturated heterocycles. The van der Waals surface area contributed by atoms with E-state index in [0.29, 0.717) is 6.54 Å². The van der Waals surface area contributed by atoms with Crippen LogP contribution in [0.1, 0.15) is 11.5 Å². The molecule has 5 nitrogen and oxygen atoms in total. The lowest BCUT2D eigenvalue weighted by atomic mass is 9.88. The first-order chi connectivity index (χ1) is 9.04. The maximum Gasteiger partial charge on any atom is 0.318 e. The van der Waals surface area contributed by atoms with Crippen molar-refractivity contribution >= 4 is 17.6 Å². The molecule has 0 radical (unpaired) electrons. The highest BCUT2D eigenvalue weighted by Crippen LogP contribution is 2.30. The summed E-state index contributed by atoms with van der Waals surface area (Å²) in [6, 6.07) is 7.87. The van der Waals surface area contributed by atoms with Crippen LogP contribution in [-0.2, 0) is 14.3 Å². The van der Waals surface area contributed by atoms with Crippen LogP contribution in [0.4, 0.5) is 5.69 Å². The predicted molar refractivity (Wildman–Crippen MR) is 72.0 cm³/mol. The monoisotopic (exact) mass is 262 g/mol. The SMILES string of the molecule is COC(=O)C1C(=O)NCC1c1ccc(N(C)C)cc1. The van der Waals surface area contributed by atoms with Gasteiger partial charge >= 0.3 is 5.97 Å². The first kappa shape index (κ1) is 13.4. The highest BCUT2D eigenvalue weighted by atomic mass is 16.5. The Kier molecular flexibility index (Phi) is 3.74. The van der Waals surface area contributed by atoms with E-state index in [0.717, 1.165) is 11.3 Å². The van der Waals surface area contributed by atoms with Gasteiger partial charge in [-0.2, -0.15) is 0 Å². The third-order valence-electron chi connectivity index (χ3n) is 3.47. The summed E-state index contributed by atoms with van der Waals surface area (Å²) in [7, 11) is 5.24. The highest BCUT2D eigenvalue weighted by Gasteiger charge is 2.41. The zero-order chi connectivity index (χ0) is 14.0. The van der Waals surface area contributed by atoms with Crippen LogP contribution >= 0.6 is 0 Å². The Hall–Kier alpha value is -2.04. The number of hydrogen-bond donors (Lipinski definition) is 1. The molecule has 0 saturated carbocycles. The molecule has 1 aromatic rings. The van der Waals surface area contributed by atoms with Crippen LogP contribution in [0.5, 0.6) is 0 Å². The number of ether oxygens (including phenoxy) is 1. The Balaban J connectivity index is 2.25. The number of nitrogens with zero attached hydrogens (tertiary/aromatic N) is 1. The minimum absolute atomic E-state index is 0.156. The number of anilines is 1. The molecule has 102 valence electrons. The average Bonchev–Trinajstić information content (AvgIpc) is 2.80. The zero-order valence-electron chi connectivity index (χ0n) is 11.3. The summed E-state index contributed by atoms with van der Waals surface area (Å²) in [5, 5.41) is 2.72. The number of nitrogens with one attached hydrogen (secondary N) is 1. The van der Waals surface area contributed by atoms with Gasteiger partial charge in [0, 0.05) is 32.2 Å². The van der Waals surface area contributed by atoms with Crippen LogP contribution in [-0.4, -0.2) is 39.6 Å². The van der Waals surface area contributed by atoms with E-state index in [1.807, 2.05) is 43.3 Å². The molecule has 19 heavy (non-hydrogen) atoms. The van der Waals surface area contributed by atoms with Gasteiger partial charge in [0.25, 0.3) is 0 Å². The molecule has 5 heteroatoms. The molecule has 1 aliphatic heterocycles. The minimum Gasteiger partial charge on any atom is -0.468 e. The van der Waals surface area contributed by atoms with Gasteiger partial charge in [0.15, 0.2) is 0 Å². The number of carbonyl (C=O) groups is 2. The van der Waals surface area contributed by atoms with E-state index in [1.165, 1.54) is 7.11 Å². The molecule has 1 amide bonds. The van der Waals surface area contributed by atoms with Crippen molar-refractivity contribution in [1.29, 1.82) is 0 Å². The molecule has 1 N–H and O–H groups in total. The molecule has 2 rings (SSSR count). The average molecular weight is 262 g/mol. The van der Waals surface area contributed by atoms with Crippen molar-refractivity contribution in [3.05, 3.63) is 29.8 Å². The maximum absolute atomic E-state index is 11.7. The molecule has 0 aliphatic carbocycles. The summed E-state index contributed by atoms with van der Waals surface area (Å²) in [6.07, 6.45) is 0. The van der Waals surface area contributed by atoms with E-state index >= 15 is 0 Å². The standard InChI is InChI=1S/C14H18N2O3/c1-16(2)10-6-4-9(5-7-10)11-8-15-13(17)12(11)14(18)19-3/h4-7,11-12H,8H2,1-3H3,(H,15,17). The van der Waals surface area contributed by atoms with Crippen molar-refractivity contribution < 1.29 is 14.3 Å². The lowest BCUT2D eigenvalue weighted by molar-refractivity contribution is -0.149. The Morgan fingerprint density at radius 3 is 2.47 bits per heavy atom. The van der Waals surface area contributed by atoms with Crippen molar-refractivity contribution in [2.45, 2.75) is 5.92 Å². The Morgan fingerprint density at radius 2 is 1.95 bits per heavy atom. The largest absolute Gasteiger partial charge is 0.468 e. The molecule has 0 aromatic heterocycles. The quantitative estimate of drug-likeness (QED) is 0.645. The predicted octanol–water partition coefficient (Wildman–Crippen LogP) is 0.755. The molecule has 1 aliphatic rings. The Morgan fingerprint density at radius 1 is 1.32 bits per heavy atom. The zero-order valence-corrected chi connectivity index (χ0v) is 11.3. The lowest BCUT2D eigenvalue weighted by Gasteiger charge is -2.17. The van der Waals surface area contributed by atoms with E-state index in [2.05, 4.69) is 5.32 Å². The number of amides is 1. The van der Waals surface area contributed by atoms with Gasteiger partial charge in [-0.15, -0.1) is 0 Å². The summed E-state index contributed by atoms with van der Waals surface area (Å²) in [6.45, 7) is 0.472. The second-order valence-corrected chi connectivity index (χ2v) is 4.84. The van der Waals surface area contributed by atoms with Gasteiger partial charge in [-0.3, -0.25) is 9.59 Å². The number of rotatable bonds is 3. The first-order valence-electron chi connectivity index (χ1n) is 6.17. The fourth-order valence-corrected chi connectivity index (χ4v) is 2.35. The fraction of sp³-hybridized carbons (Fsp3) is 0.429. The number of hydrogen-bond acceptors (Lipinski definition) is 4. The van der Waals surface area contributed by atoms with Gasteiger partial charge in [-0.05, 0) is 17.7 Å². The summed E-state index contributed by atoms with van der Waals surface area (Å²) in [5.74, 6) is -1.63. The lowest BCUT2D eigenvalue weighted by Crippen LogP contribution is -2.28. The Labute approximate surface area is 112 Å². The van der Waals surface area contributed by atoms with Crippen LogP contribution in [0.3, 0.4) is 0 Å². The number of esters is 1. The molecule has 0 bridgehead atoms. The molecule has 1 aromatic carbocycles. The maximum atomic E-state index is 11.7. The number of carbonyl (C=O) groups excluding carboxylic acids is 2. The molecule has 2 atom stereocenters. The molecular formula is C14H18N2O3. The van der Waals surface area contributed by atoms with Crippen molar-refractivity contribution in [3.8, 4) is 0 Å². The summed E-state index contributed by atoms with van der Waals surface area (Å²) in [4.78, 5) is 25.4. The third-order valence-corrected chi connectivity index (χ3v) is 3.47. The highest BCUT2D eigenvalue weighted by molar-refractivity contribution is 6.00. The second-order valence-electron chi connectivity index (χ2n) is 4.84. The van der Waals surface area contributed by atoms with Crippen LogP contribution in [0.25, 0.3) is 0 Å². The van der Waals surface area contributed by atoms with Gasteiger partial charge in [0.2, 0.25) is 5.91 Å². The van der Waals surface area contributed by atoms with Gasteiger partial charge in [0.1, 0.15) is 5.92 Å². The smallest absolute Gasteiger partial charge is 0.318 e. The van der Waals surface area contributed by atoms with E-state index in [4.69, 9.17) is 4.74 Å². The summed E-state index contributed by atoms with van der Waals surface area (Å²) >= 11 is 0. The van der Waals surface area contributed by atoms with Gasteiger partial charge in [-0.25, -0.2) is 0 Å².